The number of nitriles is 1. The first-order valence-electron chi connectivity index (χ1n) is 6.29. The van der Waals surface area contributed by atoms with E-state index in [9.17, 15) is 9.18 Å². The molecule has 0 aromatic heterocycles. The smallest absolute Gasteiger partial charge is 0.306 e. The molecule has 0 spiro atoms. The number of halogens is 1. The predicted molar refractivity (Wildman–Crippen MR) is 68.1 cm³/mol. The molecule has 4 nitrogen and oxygen atoms in total. The van der Waals surface area contributed by atoms with Gasteiger partial charge in [0.15, 0.2) is 0 Å². The van der Waals surface area contributed by atoms with Crippen LogP contribution in [-0.4, -0.2) is 17.1 Å². The third kappa shape index (κ3) is 3.02. The highest BCUT2D eigenvalue weighted by atomic mass is 19.1. The number of anilines is 1. The summed E-state index contributed by atoms with van der Waals surface area (Å²) in [7, 11) is 0. The molecular weight excluding hydrogens is 247 g/mol. The molecule has 0 amide bonds. The Hall–Kier alpha value is -2.09. The van der Waals surface area contributed by atoms with Crippen LogP contribution in [0.15, 0.2) is 18.2 Å². The highest BCUT2D eigenvalue weighted by Gasteiger charge is 2.26. The van der Waals surface area contributed by atoms with Gasteiger partial charge in [0.05, 0.1) is 11.6 Å². The minimum Gasteiger partial charge on any atom is -0.481 e. The van der Waals surface area contributed by atoms with Crippen molar-refractivity contribution in [3.8, 4) is 6.07 Å². The third-order valence-corrected chi connectivity index (χ3v) is 3.56. The minimum absolute atomic E-state index is 0.0165. The van der Waals surface area contributed by atoms with E-state index in [4.69, 9.17) is 10.4 Å². The highest BCUT2D eigenvalue weighted by Crippen LogP contribution is 2.28. The molecule has 0 heterocycles. The van der Waals surface area contributed by atoms with Gasteiger partial charge in [-0.15, -0.1) is 0 Å². The van der Waals surface area contributed by atoms with Gasteiger partial charge in [-0.05, 0) is 37.8 Å². The quantitative estimate of drug-likeness (QED) is 0.878. The zero-order chi connectivity index (χ0) is 13.8. The average Bonchev–Trinajstić information content (AvgIpc) is 2.39. The third-order valence-electron chi connectivity index (χ3n) is 3.56. The number of benzene rings is 1. The maximum Gasteiger partial charge on any atom is 0.306 e. The lowest BCUT2D eigenvalue weighted by Gasteiger charge is -2.27. The molecule has 0 aliphatic heterocycles. The second kappa shape index (κ2) is 5.70. The summed E-state index contributed by atoms with van der Waals surface area (Å²) in [5, 5.41) is 21.0. The summed E-state index contributed by atoms with van der Waals surface area (Å²) in [4.78, 5) is 10.9. The van der Waals surface area contributed by atoms with Crippen LogP contribution in [0.4, 0.5) is 10.1 Å². The second-order valence-corrected chi connectivity index (χ2v) is 4.81. The molecular formula is C14H15FN2O2. The molecule has 0 saturated heterocycles. The fourth-order valence-corrected chi connectivity index (χ4v) is 2.46. The fourth-order valence-electron chi connectivity index (χ4n) is 2.46. The summed E-state index contributed by atoms with van der Waals surface area (Å²) in [5.41, 5.74) is 0.504. The van der Waals surface area contributed by atoms with Crippen molar-refractivity contribution in [3.63, 3.8) is 0 Å². The van der Waals surface area contributed by atoms with E-state index in [2.05, 4.69) is 5.32 Å². The van der Waals surface area contributed by atoms with Crippen molar-refractivity contribution in [1.29, 1.82) is 5.26 Å². The Morgan fingerprint density at radius 2 is 2.05 bits per heavy atom. The van der Waals surface area contributed by atoms with Gasteiger partial charge >= 0.3 is 5.97 Å². The molecule has 0 bridgehead atoms. The molecule has 1 saturated carbocycles. The Kier molecular flexibility index (Phi) is 4.00. The van der Waals surface area contributed by atoms with Gasteiger partial charge in [-0.3, -0.25) is 4.79 Å². The lowest BCUT2D eigenvalue weighted by Crippen LogP contribution is -2.29. The van der Waals surface area contributed by atoms with E-state index in [1.54, 1.807) is 12.1 Å². The number of carbonyl (C=O) groups is 1. The van der Waals surface area contributed by atoms with Crippen molar-refractivity contribution in [2.75, 3.05) is 5.32 Å². The summed E-state index contributed by atoms with van der Waals surface area (Å²) in [6.45, 7) is 0. The van der Waals surface area contributed by atoms with Crippen molar-refractivity contribution in [2.45, 2.75) is 31.7 Å². The van der Waals surface area contributed by atoms with Crippen LogP contribution in [0, 0.1) is 23.1 Å². The zero-order valence-electron chi connectivity index (χ0n) is 10.4. The van der Waals surface area contributed by atoms with Crippen molar-refractivity contribution in [3.05, 3.63) is 29.6 Å². The van der Waals surface area contributed by atoms with Gasteiger partial charge in [0.2, 0.25) is 0 Å². The van der Waals surface area contributed by atoms with Crippen LogP contribution in [0.25, 0.3) is 0 Å². The van der Waals surface area contributed by atoms with E-state index in [1.807, 2.05) is 6.07 Å². The summed E-state index contributed by atoms with van der Waals surface area (Å²) in [6.07, 6.45) is 2.67. The first-order valence-corrected chi connectivity index (χ1v) is 6.29. The van der Waals surface area contributed by atoms with E-state index >= 15 is 0 Å². The highest BCUT2D eigenvalue weighted by molar-refractivity contribution is 5.70. The van der Waals surface area contributed by atoms with Gasteiger partial charge in [0, 0.05) is 6.04 Å². The Labute approximate surface area is 110 Å². The van der Waals surface area contributed by atoms with Crippen LogP contribution in [0.2, 0.25) is 0 Å². The number of carboxylic acids is 1. The minimum atomic E-state index is -0.748. The molecule has 100 valence electrons. The maximum absolute atomic E-state index is 13.4. The Balaban J connectivity index is 2.02. The number of nitrogens with zero attached hydrogens (tertiary/aromatic N) is 1. The first kappa shape index (κ1) is 13.3. The molecule has 1 aromatic rings. The fraction of sp³-hybridized carbons (Fsp3) is 0.429. The van der Waals surface area contributed by atoms with Crippen molar-refractivity contribution in [1.82, 2.24) is 0 Å². The number of hydrogen-bond acceptors (Lipinski definition) is 3. The largest absolute Gasteiger partial charge is 0.481 e. The zero-order valence-corrected chi connectivity index (χ0v) is 10.4. The number of hydrogen-bond donors (Lipinski definition) is 2. The van der Waals surface area contributed by atoms with Crippen LogP contribution in [0.3, 0.4) is 0 Å². The summed E-state index contributed by atoms with van der Waals surface area (Å²) < 4.78 is 13.4. The number of nitrogens with one attached hydrogen (secondary N) is 1. The van der Waals surface area contributed by atoms with Crippen LogP contribution >= 0.6 is 0 Å². The topological polar surface area (TPSA) is 73.1 Å². The summed E-state index contributed by atoms with van der Waals surface area (Å²) >= 11 is 0. The van der Waals surface area contributed by atoms with Gasteiger partial charge in [-0.1, -0.05) is 6.07 Å². The van der Waals surface area contributed by atoms with Gasteiger partial charge < -0.3 is 10.4 Å². The normalized spacial score (nSPS) is 22.5. The van der Waals surface area contributed by atoms with E-state index in [0.29, 0.717) is 18.5 Å². The Bertz CT molecular complexity index is 517. The molecule has 19 heavy (non-hydrogen) atoms. The van der Waals surface area contributed by atoms with Crippen LogP contribution in [-0.2, 0) is 4.79 Å². The second-order valence-electron chi connectivity index (χ2n) is 4.81. The molecule has 0 atom stereocenters. The van der Waals surface area contributed by atoms with Crippen LogP contribution in [0.1, 0.15) is 31.2 Å². The van der Waals surface area contributed by atoms with Crippen molar-refractivity contribution in [2.24, 2.45) is 5.92 Å². The molecule has 1 fully saturated rings. The van der Waals surface area contributed by atoms with Gasteiger partial charge in [-0.2, -0.15) is 5.26 Å². The average molecular weight is 262 g/mol. The first-order chi connectivity index (χ1) is 9.11. The lowest BCUT2D eigenvalue weighted by atomic mass is 9.86. The molecule has 0 radical (unpaired) electrons. The molecule has 1 aliphatic rings. The Morgan fingerprint density at radius 3 is 2.63 bits per heavy atom. The molecule has 0 unspecified atom stereocenters. The van der Waals surface area contributed by atoms with Crippen molar-refractivity contribution < 1.29 is 14.3 Å². The lowest BCUT2D eigenvalue weighted by molar-refractivity contribution is -0.142. The van der Waals surface area contributed by atoms with Crippen molar-refractivity contribution >= 4 is 11.7 Å². The Morgan fingerprint density at radius 1 is 1.37 bits per heavy atom. The SMILES string of the molecule is N#Cc1c(F)cccc1NC1CCC(C(=O)O)CC1. The number of aliphatic carboxylic acids is 1. The van der Waals surface area contributed by atoms with Gasteiger partial charge in [-0.25, -0.2) is 4.39 Å². The van der Waals surface area contributed by atoms with E-state index in [0.717, 1.165) is 12.8 Å². The number of carboxylic acid groups (broad SMARTS) is 1. The van der Waals surface area contributed by atoms with E-state index in [-0.39, 0.29) is 17.5 Å². The molecule has 2 N–H and O–H groups in total. The summed E-state index contributed by atoms with van der Waals surface area (Å²) in [6, 6.07) is 6.43. The van der Waals surface area contributed by atoms with Crippen LogP contribution < -0.4 is 5.32 Å². The monoisotopic (exact) mass is 262 g/mol. The number of rotatable bonds is 3. The maximum atomic E-state index is 13.4. The van der Waals surface area contributed by atoms with Crippen LogP contribution in [0.5, 0.6) is 0 Å². The van der Waals surface area contributed by atoms with Gasteiger partial charge in [0.1, 0.15) is 17.4 Å². The molecule has 1 aliphatic carbocycles. The van der Waals surface area contributed by atoms with E-state index in [1.165, 1.54) is 6.07 Å². The standard InChI is InChI=1S/C14H15FN2O2/c15-12-2-1-3-13(11(12)8-16)17-10-6-4-9(5-7-10)14(18)19/h1-3,9-10,17H,4-7H2,(H,18,19). The predicted octanol–water partition coefficient (Wildman–Crippen LogP) is 2.75. The van der Waals surface area contributed by atoms with E-state index < -0.39 is 11.8 Å². The molecule has 5 heteroatoms. The molecule has 2 rings (SSSR count). The van der Waals surface area contributed by atoms with Gasteiger partial charge in [0.25, 0.3) is 0 Å². The summed E-state index contributed by atoms with van der Waals surface area (Å²) in [5.74, 6) is -1.56. The molecule has 1 aromatic carbocycles.